The van der Waals surface area contributed by atoms with Gasteiger partial charge in [-0.3, -0.25) is 4.99 Å². The van der Waals surface area contributed by atoms with Crippen LogP contribution in [0.1, 0.15) is 32.5 Å². The first-order valence-electron chi connectivity index (χ1n) is 9.28. The van der Waals surface area contributed by atoms with Gasteiger partial charge in [0.2, 0.25) is 0 Å². The van der Waals surface area contributed by atoms with Gasteiger partial charge in [-0.1, -0.05) is 12.1 Å². The number of hydrogen-bond acceptors (Lipinski definition) is 3. The van der Waals surface area contributed by atoms with Crippen molar-refractivity contribution in [3.8, 4) is 0 Å². The highest BCUT2D eigenvalue weighted by atomic mass is 127. The summed E-state index contributed by atoms with van der Waals surface area (Å²) in [6, 6.07) is 8.28. The van der Waals surface area contributed by atoms with Gasteiger partial charge in [0, 0.05) is 39.4 Å². The third-order valence-electron chi connectivity index (χ3n) is 3.96. The van der Waals surface area contributed by atoms with Crippen molar-refractivity contribution in [3.05, 3.63) is 30.1 Å². The quantitative estimate of drug-likeness (QED) is 0.241. The number of ether oxygens (including phenoxy) is 1. The Hall–Kier alpha value is -1.35. The van der Waals surface area contributed by atoms with Crippen LogP contribution in [0.5, 0.6) is 0 Å². The summed E-state index contributed by atoms with van der Waals surface area (Å²) in [4.78, 5) is 9.27. The van der Waals surface area contributed by atoms with Crippen LogP contribution in [0.3, 0.4) is 0 Å². The molecule has 2 N–H and O–H groups in total. The molecule has 0 fully saturated rings. The highest BCUT2D eigenvalue weighted by molar-refractivity contribution is 14.0. The van der Waals surface area contributed by atoms with Gasteiger partial charge >= 0.3 is 0 Å². The number of para-hydroxylation sites is 2. The van der Waals surface area contributed by atoms with Crippen molar-refractivity contribution in [1.29, 1.82) is 0 Å². The fourth-order valence-corrected chi connectivity index (χ4v) is 2.76. The maximum Gasteiger partial charge on any atom is 0.191 e. The Morgan fingerprint density at radius 1 is 1.19 bits per heavy atom. The minimum atomic E-state index is 0. The van der Waals surface area contributed by atoms with Crippen LogP contribution >= 0.6 is 24.0 Å². The lowest BCUT2D eigenvalue weighted by Gasteiger charge is -2.11. The maximum atomic E-state index is 5.35. The highest BCUT2D eigenvalue weighted by Crippen LogP contribution is 2.15. The average Bonchev–Trinajstić information content (AvgIpc) is 2.93. The predicted molar refractivity (Wildman–Crippen MR) is 120 cm³/mol. The molecule has 0 spiro atoms. The van der Waals surface area contributed by atoms with Gasteiger partial charge in [0.25, 0.3) is 0 Å². The van der Waals surface area contributed by atoms with E-state index in [1.54, 1.807) is 0 Å². The molecule has 0 saturated heterocycles. The van der Waals surface area contributed by atoms with Crippen LogP contribution < -0.4 is 10.6 Å². The van der Waals surface area contributed by atoms with Crippen LogP contribution in [0.25, 0.3) is 11.0 Å². The Bertz CT molecular complexity index is 671. The molecule has 26 heavy (non-hydrogen) atoms. The zero-order valence-corrected chi connectivity index (χ0v) is 18.5. The van der Waals surface area contributed by atoms with Gasteiger partial charge in [0.05, 0.1) is 11.0 Å². The molecule has 0 aliphatic carbocycles. The van der Waals surface area contributed by atoms with E-state index in [9.17, 15) is 0 Å². The number of imidazole rings is 1. The van der Waals surface area contributed by atoms with Gasteiger partial charge in [0.1, 0.15) is 5.82 Å². The molecule has 1 aromatic carbocycles. The summed E-state index contributed by atoms with van der Waals surface area (Å²) in [5.74, 6) is 1.94. The topological polar surface area (TPSA) is 63.5 Å². The first kappa shape index (κ1) is 22.7. The molecule has 7 heteroatoms. The lowest BCUT2D eigenvalue weighted by molar-refractivity contribution is 0.145. The summed E-state index contributed by atoms with van der Waals surface area (Å²) in [6.07, 6.45) is 1.97. The van der Waals surface area contributed by atoms with Gasteiger partial charge < -0.3 is 19.9 Å². The second-order valence-electron chi connectivity index (χ2n) is 5.89. The van der Waals surface area contributed by atoms with Crippen molar-refractivity contribution < 1.29 is 4.74 Å². The minimum Gasteiger partial charge on any atom is -0.382 e. The zero-order valence-electron chi connectivity index (χ0n) is 16.1. The summed E-state index contributed by atoms with van der Waals surface area (Å²) < 4.78 is 7.62. The number of benzene rings is 1. The number of hydrogen-bond donors (Lipinski definition) is 2. The molecule has 0 saturated carbocycles. The fraction of sp³-hybridized carbons (Fsp3) is 0.579. The van der Waals surface area contributed by atoms with E-state index in [0.717, 1.165) is 69.5 Å². The molecule has 0 radical (unpaired) electrons. The van der Waals surface area contributed by atoms with Gasteiger partial charge in [-0.2, -0.15) is 0 Å². The molecule has 146 valence electrons. The van der Waals surface area contributed by atoms with Crippen LogP contribution in [0.2, 0.25) is 0 Å². The molecular weight excluding hydrogens is 441 g/mol. The van der Waals surface area contributed by atoms with Crippen molar-refractivity contribution in [2.45, 2.75) is 40.2 Å². The SMILES string of the molecule is CCNC(=NCCCn1c(C)nc2ccccc21)NCCCOCC.I. The van der Waals surface area contributed by atoms with Crippen molar-refractivity contribution >= 4 is 41.0 Å². The van der Waals surface area contributed by atoms with Gasteiger partial charge in [-0.25, -0.2) is 4.98 Å². The molecule has 2 aromatic rings. The Labute approximate surface area is 173 Å². The molecule has 1 aromatic heterocycles. The first-order chi connectivity index (χ1) is 12.3. The number of aromatic nitrogens is 2. The monoisotopic (exact) mass is 473 g/mol. The summed E-state index contributed by atoms with van der Waals surface area (Å²) in [7, 11) is 0. The molecule has 0 aliphatic heterocycles. The fourth-order valence-electron chi connectivity index (χ4n) is 2.76. The number of guanidine groups is 1. The molecule has 0 aliphatic rings. The summed E-state index contributed by atoms with van der Waals surface area (Å²) in [5.41, 5.74) is 2.26. The number of aryl methyl sites for hydroxylation is 2. The molecule has 1 heterocycles. The third kappa shape index (κ3) is 7.11. The molecule has 0 amide bonds. The van der Waals surface area contributed by atoms with E-state index < -0.39 is 0 Å². The first-order valence-corrected chi connectivity index (χ1v) is 9.28. The van der Waals surface area contributed by atoms with E-state index in [0.29, 0.717) is 0 Å². The van der Waals surface area contributed by atoms with Crippen LogP contribution in [-0.2, 0) is 11.3 Å². The average molecular weight is 473 g/mol. The van der Waals surface area contributed by atoms with Crippen LogP contribution in [0.15, 0.2) is 29.3 Å². The number of fused-ring (bicyclic) bond motifs is 1. The smallest absolute Gasteiger partial charge is 0.191 e. The lowest BCUT2D eigenvalue weighted by Crippen LogP contribution is -2.38. The number of halogens is 1. The summed E-state index contributed by atoms with van der Waals surface area (Å²) in [5, 5.41) is 6.64. The largest absolute Gasteiger partial charge is 0.382 e. The second kappa shape index (κ2) is 12.9. The Balaban J connectivity index is 0.00000338. The molecule has 2 rings (SSSR count). The predicted octanol–water partition coefficient (Wildman–Crippen LogP) is 3.33. The van der Waals surface area contributed by atoms with Crippen molar-refractivity contribution in [2.75, 3.05) is 32.8 Å². The minimum absolute atomic E-state index is 0. The lowest BCUT2D eigenvalue weighted by atomic mass is 10.3. The Kier molecular flexibility index (Phi) is 11.3. The Morgan fingerprint density at radius 2 is 2.00 bits per heavy atom. The van der Waals surface area contributed by atoms with Gasteiger partial charge in [0.15, 0.2) is 5.96 Å². The molecule has 0 atom stereocenters. The van der Waals surface area contributed by atoms with E-state index in [-0.39, 0.29) is 24.0 Å². The van der Waals surface area contributed by atoms with Crippen LogP contribution in [0.4, 0.5) is 0 Å². The number of aliphatic imine (C=N–C) groups is 1. The van der Waals surface area contributed by atoms with Crippen LogP contribution in [-0.4, -0.2) is 48.4 Å². The maximum absolute atomic E-state index is 5.35. The third-order valence-corrected chi connectivity index (χ3v) is 3.96. The molecular formula is C19H32IN5O. The number of nitrogens with one attached hydrogen (secondary N) is 2. The van der Waals surface area contributed by atoms with Gasteiger partial charge in [-0.05, 0) is 45.7 Å². The van der Waals surface area contributed by atoms with E-state index >= 15 is 0 Å². The number of nitrogens with zero attached hydrogens (tertiary/aromatic N) is 3. The van der Waals surface area contributed by atoms with Crippen LogP contribution in [0, 0.1) is 6.92 Å². The zero-order chi connectivity index (χ0) is 17.9. The molecule has 0 bridgehead atoms. The highest BCUT2D eigenvalue weighted by Gasteiger charge is 2.05. The second-order valence-corrected chi connectivity index (χ2v) is 5.89. The number of rotatable bonds is 10. The van der Waals surface area contributed by atoms with Gasteiger partial charge in [-0.15, -0.1) is 24.0 Å². The molecule has 0 unspecified atom stereocenters. The summed E-state index contributed by atoms with van der Waals surface area (Å²) in [6.45, 7) is 11.2. The van der Waals surface area contributed by atoms with Crippen molar-refractivity contribution in [3.63, 3.8) is 0 Å². The van der Waals surface area contributed by atoms with Crippen molar-refractivity contribution in [1.82, 2.24) is 20.2 Å². The summed E-state index contributed by atoms with van der Waals surface area (Å²) >= 11 is 0. The van der Waals surface area contributed by atoms with E-state index in [4.69, 9.17) is 4.74 Å². The molecule has 6 nitrogen and oxygen atoms in total. The standard InChI is InChI=1S/C19H31N5O.HI/c1-4-20-19(22-13-9-15-25-5-2)21-12-8-14-24-16(3)23-17-10-6-7-11-18(17)24;/h6-7,10-11H,4-5,8-9,12-15H2,1-3H3,(H2,20,21,22);1H. The van der Waals surface area contributed by atoms with E-state index in [2.05, 4.69) is 57.2 Å². The van der Waals surface area contributed by atoms with E-state index in [1.807, 2.05) is 13.0 Å². The van der Waals surface area contributed by atoms with E-state index in [1.165, 1.54) is 5.52 Å². The Morgan fingerprint density at radius 3 is 2.77 bits per heavy atom. The normalized spacial score (nSPS) is 11.4. The van der Waals surface area contributed by atoms with Crippen molar-refractivity contribution in [2.24, 2.45) is 4.99 Å².